The monoisotopic (exact) mass is 235 g/mol. The molecule has 4 nitrogen and oxygen atoms in total. The van der Waals surface area contributed by atoms with Crippen LogP contribution in [0.1, 0.15) is 13.8 Å². The first-order valence-corrected chi connectivity index (χ1v) is 5.88. The Kier molecular flexibility index (Phi) is 3.05. The molecule has 0 radical (unpaired) electrons. The number of hydrogen-bond donors (Lipinski definition) is 2. The standard InChI is InChI=1S/C11H13N3OS/c1-7(2)14-11-13-6-9(16-11)8-3-4-10(15)12-5-8/h3-7H,1-2H3,(H,12,15)(H,13,14). The lowest BCUT2D eigenvalue weighted by atomic mass is 10.2. The van der Waals surface area contributed by atoms with Crippen LogP contribution >= 0.6 is 11.3 Å². The summed E-state index contributed by atoms with van der Waals surface area (Å²) < 4.78 is 0. The molecule has 0 saturated heterocycles. The van der Waals surface area contributed by atoms with Crippen LogP contribution in [0, 0.1) is 0 Å². The maximum Gasteiger partial charge on any atom is 0.247 e. The number of pyridine rings is 1. The molecule has 2 rings (SSSR count). The molecule has 0 amide bonds. The highest BCUT2D eigenvalue weighted by atomic mass is 32.1. The minimum atomic E-state index is -0.0891. The van der Waals surface area contributed by atoms with Crippen molar-refractivity contribution in [2.45, 2.75) is 19.9 Å². The van der Waals surface area contributed by atoms with E-state index in [0.29, 0.717) is 6.04 Å². The summed E-state index contributed by atoms with van der Waals surface area (Å²) in [5.41, 5.74) is 0.891. The molecule has 0 aliphatic rings. The van der Waals surface area contributed by atoms with E-state index < -0.39 is 0 Å². The Balaban J connectivity index is 2.24. The second kappa shape index (κ2) is 4.49. The molecule has 0 fully saturated rings. The van der Waals surface area contributed by atoms with Crippen LogP contribution in [0.3, 0.4) is 0 Å². The Hall–Kier alpha value is -1.62. The van der Waals surface area contributed by atoms with Crippen molar-refractivity contribution in [1.29, 1.82) is 0 Å². The highest BCUT2D eigenvalue weighted by molar-refractivity contribution is 7.18. The van der Waals surface area contributed by atoms with E-state index in [1.54, 1.807) is 23.6 Å². The van der Waals surface area contributed by atoms with Gasteiger partial charge in [-0.05, 0) is 19.9 Å². The lowest BCUT2D eigenvalue weighted by Crippen LogP contribution is -2.08. The molecule has 2 aromatic heterocycles. The van der Waals surface area contributed by atoms with E-state index in [4.69, 9.17) is 0 Å². The second-order valence-electron chi connectivity index (χ2n) is 3.77. The van der Waals surface area contributed by atoms with Crippen molar-refractivity contribution in [1.82, 2.24) is 9.97 Å². The lowest BCUT2D eigenvalue weighted by Gasteiger charge is -2.04. The van der Waals surface area contributed by atoms with E-state index in [2.05, 4.69) is 29.1 Å². The number of anilines is 1. The molecule has 0 unspecified atom stereocenters. The van der Waals surface area contributed by atoms with Crippen molar-refractivity contribution >= 4 is 16.5 Å². The van der Waals surface area contributed by atoms with Gasteiger partial charge < -0.3 is 10.3 Å². The summed E-state index contributed by atoms with van der Waals surface area (Å²) >= 11 is 1.58. The fraction of sp³-hybridized carbons (Fsp3) is 0.273. The number of aromatic nitrogens is 2. The van der Waals surface area contributed by atoms with Crippen molar-refractivity contribution in [3.8, 4) is 10.4 Å². The minimum Gasteiger partial charge on any atom is -0.359 e. The van der Waals surface area contributed by atoms with Gasteiger partial charge in [-0.2, -0.15) is 0 Å². The number of rotatable bonds is 3. The summed E-state index contributed by atoms with van der Waals surface area (Å²) in [6, 6.07) is 3.69. The van der Waals surface area contributed by atoms with Gasteiger partial charge in [-0.15, -0.1) is 0 Å². The number of H-pyrrole nitrogens is 1. The minimum absolute atomic E-state index is 0.0891. The van der Waals surface area contributed by atoms with Crippen molar-refractivity contribution in [2.24, 2.45) is 0 Å². The average Bonchev–Trinajstić information content (AvgIpc) is 2.66. The molecule has 0 bridgehead atoms. The van der Waals surface area contributed by atoms with E-state index >= 15 is 0 Å². The van der Waals surface area contributed by atoms with Crippen LogP contribution in [-0.4, -0.2) is 16.0 Å². The predicted octanol–water partition coefficient (Wildman–Crippen LogP) is 2.32. The average molecular weight is 235 g/mol. The molecular weight excluding hydrogens is 222 g/mol. The van der Waals surface area contributed by atoms with Crippen LogP contribution in [0.5, 0.6) is 0 Å². The van der Waals surface area contributed by atoms with Crippen molar-refractivity contribution in [3.05, 3.63) is 34.9 Å². The van der Waals surface area contributed by atoms with Crippen molar-refractivity contribution in [2.75, 3.05) is 5.32 Å². The molecule has 2 heterocycles. The van der Waals surface area contributed by atoms with Gasteiger partial charge in [-0.1, -0.05) is 11.3 Å². The van der Waals surface area contributed by atoms with Gasteiger partial charge in [0.2, 0.25) is 5.56 Å². The van der Waals surface area contributed by atoms with E-state index in [1.807, 2.05) is 6.20 Å². The summed E-state index contributed by atoms with van der Waals surface area (Å²) in [5, 5.41) is 4.14. The Morgan fingerprint density at radius 3 is 2.88 bits per heavy atom. The highest BCUT2D eigenvalue weighted by Gasteiger charge is 2.04. The third kappa shape index (κ3) is 2.49. The molecule has 2 N–H and O–H groups in total. The second-order valence-corrected chi connectivity index (χ2v) is 4.80. The molecule has 0 aliphatic heterocycles. The van der Waals surface area contributed by atoms with Gasteiger partial charge in [0.1, 0.15) is 0 Å². The SMILES string of the molecule is CC(C)Nc1ncc(-c2ccc(=O)[nH]c2)s1. The van der Waals surface area contributed by atoms with Crippen molar-refractivity contribution < 1.29 is 0 Å². The van der Waals surface area contributed by atoms with E-state index in [1.165, 1.54) is 6.07 Å². The van der Waals surface area contributed by atoms with Gasteiger partial charge >= 0.3 is 0 Å². The summed E-state index contributed by atoms with van der Waals surface area (Å²) in [6.45, 7) is 4.14. The number of thiazole rings is 1. The lowest BCUT2D eigenvalue weighted by molar-refractivity contribution is 0.896. The van der Waals surface area contributed by atoms with Gasteiger partial charge in [0.25, 0.3) is 0 Å². The van der Waals surface area contributed by atoms with Crippen LogP contribution in [0.25, 0.3) is 10.4 Å². The molecule has 0 aliphatic carbocycles. The third-order valence-electron chi connectivity index (χ3n) is 1.99. The largest absolute Gasteiger partial charge is 0.359 e. The summed E-state index contributed by atoms with van der Waals surface area (Å²) in [5.74, 6) is 0. The third-order valence-corrected chi connectivity index (χ3v) is 2.96. The van der Waals surface area contributed by atoms with E-state index in [9.17, 15) is 4.79 Å². The molecule has 0 spiro atoms. The van der Waals surface area contributed by atoms with Crippen LogP contribution in [-0.2, 0) is 0 Å². The van der Waals surface area contributed by atoms with E-state index in [0.717, 1.165) is 15.6 Å². The predicted molar refractivity (Wildman–Crippen MR) is 66.9 cm³/mol. The van der Waals surface area contributed by atoms with Crippen LogP contribution < -0.4 is 10.9 Å². The van der Waals surface area contributed by atoms with Crippen LogP contribution in [0.4, 0.5) is 5.13 Å². The molecule has 5 heteroatoms. The Morgan fingerprint density at radius 1 is 1.44 bits per heavy atom. The zero-order chi connectivity index (χ0) is 11.5. The summed E-state index contributed by atoms with van der Waals surface area (Å²) in [4.78, 5) is 18.9. The number of aromatic amines is 1. The Morgan fingerprint density at radius 2 is 2.25 bits per heavy atom. The topological polar surface area (TPSA) is 57.8 Å². The fourth-order valence-electron chi connectivity index (χ4n) is 1.29. The molecule has 2 aromatic rings. The maximum absolute atomic E-state index is 10.9. The zero-order valence-corrected chi connectivity index (χ0v) is 9.97. The first-order valence-electron chi connectivity index (χ1n) is 5.06. The molecule has 0 atom stereocenters. The zero-order valence-electron chi connectivity index (χ0n) is 9.15. The quantitative estimate of drug-likeness (QED) is 0.858. The molecule has 16 heavy (non-hydrogen) atoms. The van der Waals surface area contributed by atoms with Gasteiger partial charge in [0.15, 0.2) is 5.13 Å². The van der Waals surface area contributed by atoms with Crippen molar-refractivity contribution in [3.63, 3.8) is 0 Å². The van der Waals surface area contributed by atoms with Gasteiger partial charge in [-0.3, -0.25) is 4.79 Å². The van der Waals surface area contributed by atoms with Gasteiger partial charge in [0, 0.05) is 30.1 Å². The first-order chi connectivity index (χ1) is 7.65. The normalized spacial score (nSPS) is 10.7. The van der Waals surface area contributed by atoms with E-state index in [-0.39, 0.29) is 5.56 Å². The molecular formula is C11H13N3OS. The summed E-state index contributed by atoms with van der Waals surface area (Å²) in [7, 11) is 0. The highest BCUT2D eigenvalue weighted by Crippen LogP contribution is 2.27. The Bertz CT molecular complexity index is 510. The smallest absolute Gasteiger partial charge is 0.247 e. The van der Waals surface area contributed by atoms with Gasteiger partial charge in [-0.25, -0.2) is 4.98 Å². The molecule has 84 valence electrons. The molecule has 0 saturated carbocycles. The van der Waals surface area contributed by atoms with Gasteiger partial charge in [0.05, 0.1) is 4.88 Å². The number of nitrogens with zero attached hydrogens (tertiary/aromatic N) is 1. The maximum atomic E-state index is 10.9. The first kappa shape index (κ1) is 10.9. The summed E-state index contributed by atoms with van der Waals surface area (Å²) in [6.07, 6.45) is 3.51. The number of nitrogens with one attached hydrogen (secondary N) is 2. The fourth-order valence-corrected chi connectivity index (χ4v) is 2.24. The van der Waals surface area contributed by atoms with Crippen LogP contribution in [0.15, 0.2) is 29.3 Å². The van der Waals surface area contributed by atoms with Crippen LogP contribution in [0.2, 0.25) is 0 Å². The molecule has 0 aromatic carbocycles. The number of hydrogen-bond acceptors (Lipinski definition) is 4. The Labute approximate surface area is 97.4 Å².